The zero-order valence-electron chi connectivity index (χ0n) is 22.9. The van der Waals surface area contributed by atoms with Crippen molar-refractivity contribution in [2.24, 2.45) is 0 Å². The highest BCUT2D eigenvalue weighted by molar-refractivity contribution is 7.92. The van der Waals surface area contributed by atoms with Gasteiger partial charge in [0.1, 0.15) is 6.04 Å². The molecule has 0 radical (unpaired) electrons. The van der Waals surface area contributed by atoms with E-state index in [1.807, 2.05) is 49.4 Å². The lowest BCUT2D eigenvalue weighted by Crippen LogP contribution is -2.49. The molecule has 0 saturated carbocycles. The minimum Gasteiger partial charge on any atom is -0.357 e. The van der Waals surface area contributed by atoms with Crippen molar-refractivity contribution < 1.29 is 18.0 Å². The van der Waals surface area contributed by atoms with E-state index in [-0.39, 0.29) is 37.7 Å². The van der Waals surface area contributed by atoms with E-state index in [4.69, 9.17) is 23.2 Å². The number of rotatable bonds is 13. The number of carbonyl (C=O) groups excluding carboxylic acids is 2. The summed E-state index contributed by atoms with van der Waals surface area (Å²) in [6.45, 7) is 2.24. The van der Waals surface area contributed by atoms with Crippen LogP contribution in [0.4, 0.5) is 5.69 Å². The molecule has 2 amide bonds. The Morgan fingerprint density at radius 2 is 1.62 bits per heavy atom. The molecule has 7 nitrogen and oxygen atoms in total. The summed E-state index contributed by atoms with van der Waals surface area (Å²) in [5.74, 6) is -0.596. The van der Waals surface area contributed by atoms with Crippen LogP contribution in [-0.2, 0) is 39.0 Å². The van der Waals surface area contributed by atoms with Crippen LogP contribution in [-0.4, -0.2) is 51.0 Å². The molecule has 0 aromatic heterocycles. The highest BCUT2D eigenvalue weighted by Crippen LogP contribution is 2.25. The predicted octanol–water partition coefficient (Wildman–Crippen LogP) is 5.49. The fourth-order valence-corrected chi connectivity index (χ4v) is 5.89. The quantitative estimate of drug-likeness (QED) is 0.280. The summed E-state index contributed by atoms with van der Waals surface area (Å²) < 4.78 is 26.5. The molecule has 0 aliphatic rings. The number of benzene rings is 3. The molecule has 0 bridgehead atoms. The number of anilines is 1. The molecule has 0 aliphatic heterocycles. The van der Waals surface area contributed by atoms with Crippen LogP contribution in [0.2, 0.25) is 10.0 Å². The molecular weight excluding hydrogens is 569 g/mol. The lowest BCUT2D eigenvalue weighted by molar-refractivity contribution is -0.141. The number of likely N-dealkylation sites (N-methyl/N-ethyl adjacent to an activating group) is 1. The van der Waals surface area contributed by atoms with Crippen molar-refractivity contribution in [1.82, 2.24) is 10.2 Å². The number of aryl methyl sites for hydroxylation is 1. The molecule has 10 heteroatoms. The Kier molecular flexibility index (Phi) is 11.4. The molecule has 1 N–H and O–H groups in total. The van der Waals surface area contributed by atoms with E-state index in [9.17, 15) is 18.0 Å². The van der Waals surface area contributed by atoms with Crippen LogP contribution >= 0.6 is 23.2 Å². The maximum atomic E-state index is 13.7. The molecule has 3 aromatic rings. The van der Waals surface area contributed by atoms with Gasteiger partial charge in [0.2, 0.25) is 21.8 Å². The van der Waals surface area contributed by atoms with Gasteiger partial charge in [0, 0.05) is 43.0 Å². The number of nitrogens with zero attached hydrogens (tertiary/aromatic N) is 2. The summed E-state index contributed by atoms with van der Waals surface area (Å²) in [4.78, 5) is 28.3. The molecule has 1 unspecified atom stereocenters. The standard InChI is InChI=1S/C30H35Cl2N3O4S/c1-4-22-12-16-26(17-13-22)35(40(3,38)39)18-8-11-29(36)34(21-24-14-15-25(31)20-27(24)32)28(30(37)33-2)19-23-9-6-5-7-10-23/h5-7,9-10,12-17,20,28H,4,8,11,18-19,21H2,1-3H3,(H,33,37). The third-order valence-electron chi connectivity index (χ3n) is 6.66. The van der Waals surface area contributed by atoms with E-state index in [1.165, 1.54) is 16.3 Å². The minimum absolute atomic E-state index is 0.0343. The molecule has 3 aromatic carbocycles. The Bertz CT molecular complexity index is 1400. The summed E-state index contributed by atoms with van der Waals surface area (Å²) >= 11 is 12.5. The van der Waals surface area contributed by atoms with Gasteiger partial charge in [-0.05, 0) is 53.8 Å². The van der Waals surface area contributed by atoms with Crippen molar-refractivity contribution >= 4 is 50.7 Å². The van der Waals surface area contributed by atoms with E-state index in [0.29, 0.717) is 27.7 Å². The molecule has 214 valence electrons. The summed E-state index contributed by atoms with van der Waals surface area (Å²) in [5.41, 5.74) is 3.19. The normalized spacial score (nSPS) is 12.0. The van der Waals surface area contributed by atoms with Crippen molar-refractivity contribution in [2.45, 2.75) is 45.2 Å². The number of sulfonamides is 1. The van der Waals surface area contributed by atoms with Gasteiger partial charge in [-0.3, -0.25) is 13.9 Å². The molecule has 40 heavy (non-hydrogen) atoms. The second kappa shape index (κ2) is 14.5. The summed E-state index contributed by atoms with van der Waals surface area (Å²) in [5, 5.41) is 3.53. The van der Waals surface area contributed by atoms with Gasteiger partial charge in [-0.25, -0.2) is 8.42 Å². The molecule has 1 atom stereocenters. The highest BCUT2D eigenvalue weighted by Gasteiger charge is 2.30. The van der Waals surface area contributed by atoms with Gasteiger partial charge in [-0.2, -0.15) is 0 Å². The maximum absolute atomic E-state index is 13.7. The van der Waals surface area contributed by atoms with Gasteiger partial charge in [-0.15, -0.1) is 0 Å². The molecule has 0 saturated heterocycles. The van der Waals surface area contributed by atoms with E-state index >= 15 is 0 Å². The zero-order valence-corrected chi connectivity index (χ0v) is 25.3. The molecule has 0 spiro atoms. The van der Waals surface area contributed by atoms with Crippen LogP contribution in [0.25, 0.3) is 0 Å². The first-order chi connectivity index (χ1) is 19.0. The highest BCUT2D eigenvalue weighted by atomic mass is 35.5. The number of amides is 2. The molecule has 0 heterocycles. The van der Waals surface area contributed by atoms with Crippen LogP contribution in [0.5, 0.6) is 0 Å². The third kappa shape index (κ3) is 8.71. The molecule has 0 aliphatic carbocycles. The maximum Gasteiger partial charge on any atom is 0.242 e. The van der Waals surface area contributed by atoms with Crippen molar-refractivity contribution in [2.75, 3.05) is 24.2 Å². The Hall–Kier alpha value is -3.07. The van der Waals surface area contributed by atoms with Crippen molar-refractivity contribution in [1.29, 1.82) is 0 Å². The predicted molar refractivity (Wildman–Crippen MR) is 162 cm³/mol. The fraction of sp³-hybridized carbons (Fsp3) is 0.333. The fourth-order valence-electron chi connectivity index (χ4n) is 4.46. The minimum atomic E-state index is -3.57. The largest absolute Gasteiger partial charge is 0.357 e. The second-order valence-electron chi connectivity index (χ2n) is 9.54. The van der Waals surface area contributed by atoms with Crippen LogP contribution in [0, 0.1) is 0 Å². The Morgan fingerprint density at radius 1 is 0.950 bits per heavy atom. The number of hydrogen-bond acceptors (Lipinski definition) is 4. The first kappa shape index (κ1) is 31.5. The lowest BCUT2D eigenvalue weighted by Gasteiger charge is -2.32. The van der Waals surface area contributed by atoms with Gasteiger partial charge in [0.15, 0.2) is 0 Å². The van der Waals surface area contributed by atoms with E-state index in [0.717, 1.165) is 23.8 Å². The van der Waals surface area contributed by atoms with Crippen molar-refractivity contribution in [3.05, 3.63) is 99.5 Å². The molecule has 3 rings (SSSR count). The average molecular weight is 605 g/mol. The Balaban J connectivity index is 1.86. The SMILES string of the molecule is CCc1ccc(N(CCCC(=O)N(Cc2ccc(Cl)cc2Cl)C(Cc2ccccc2)C(=O)NC)S(C)(=O)=O)cc1. The monoisotopic (exact) mass is 603 g/mol. The van der Waals surface area contributed by atoms with Gasteiger partial charge < -0.3 is 10.2 Å². The average Bonchev–Trinajstić information content (AvgIpc) is 2.93. The smallest absolute Gasteiger partial charge is 0.242 e. The number of hydrogen-bond donors (Lipinski definition) is 1. The van der Waals surface area contributed by atoms with E-state index in [1.54, 1.807) is 30.3 Å². The van der Waals surface area contributed by atoms with Gasteiger partial charge in [0.05, 0.1) is 11.9 Å². The second-order valence-corrected chi connectivity index (χ2v) is 12.3. The Labute approximate surface area is 247 Å². The van der Waals surface area contributed by atoms with Crippen molar-refractivity contribution in [3.8, 4) is 0 Å². The number of nitrogens with one attached hydrogen (secondary N) is 1. The van der Waals surface area contributed by atoms with Gasteiger partial charge in [-0.1, -0.05) is 78.7 Å². The van der Waals surface area contributed by atoms with Crippen LogP contribution in [0.1, 0.15) is 36.5 Å². The zero-order chi connectivity index (χ0) is 29.3. The van der Waals surface area contributed by atoms with Gasteiger partial charge in [0.25, 0.3) is 0 Å². The van der Waals surface area contributed by atoms with Crippen molar-refractivity contribution in [3.63, 3.8) is 0 Å². The first-order valence-corrected chi connectivity index (χ1v) is 15.7. The van der Waals surface area contributed by atoms with E-state index < -0.39 is 16.1 Å². The number of carbonyl (C=O) groups is 2. The number of halogens is 2. The summed E-state index contributed by atoms with van der Waals surface area (Å²) in [6.07, 6.45) is 2.59. The summed E-state index contributed by atoms with van der Waals surface area (Å²) in [7, 11) is -2.04. The topological polar surface area (TPSA) is 86.8 Å². The summed E-state index contributed by atoms with van der Waals surface area (Å²) in [6, 6.07) is 21.0. The van der Waals surface area contributed by atoms with Gasteiger partial charge >= 0.3 is 0 Å². The molecule has 0 fully saturated rings. The lowest BCUT2D eigenvalue weighted by atomic mass is 10.0. The first-order valence-electron chi connectivity index (χ1n) is 13.1. The van der Waals surface area contributed by atoms with Crippen LogP contribution in [0.3, 0.4) is 0 Å². The van der Waals surface area contributed by atoms with E-state index in [2.05, 4.69) is 5.32 Å². The van der Waals surface area contributed by atoms with Crippen LogP contribution < -0.4 is 9.62 Å². The Morgan fingerprint density at radius 3 is 2.20 bits per heavy atom. The molecular formula is C30H35Cl2N3O4S. The third-order valence-corrected chi connectivity index (χ3v) is 8.44. The van der Waals surface area contributed by atoms with Crippen LogP contribution in [0.15, 0.2) is 72.8 Å².